The zero-order valence-electron chi connectivity index (χ0n) is 14.5. The molecule has 138 valence electrons. The van der Waals surface area contributed by atoms with E-state index < -0.39 is 9.84 Å². The molecule has 1 amide bonds. The first-order chi connectivity index (χ1) is 11.9. The van der Waals surface area contributed by atoms with Crippen LogP contribution in [0.3, 0.4) is 0 Å². The van der Waals surface area contributed by atoms with Crippen molar-refractivity contribution >= 4 is 15.7 Å². The lowest BCUT2D eigenvalue weighted by Crippen LogP contribution is -2.41. The van der Waals surface area contributed by atoms with Crippen LogP contribution < -0.4 is 0 Å². The fourth-order valence-electron chi connectivity index (χ4n) is 4.02. The molecule has 1 aliphatic carbocycles. The van der Waals surface area contributed by atoms with E-state index in [2.05, 4.69) is 0 Å². The fourth-order valence-corrected chi connectivity index (χ4v) is 5.89. The van der Waals surface area contributed by atoms with Crippen LogP contribution in [0.4, 0.5) is 4.39 Å². The van der Waals surface area contributed by atoms with Gasteiger partial charge in [-0.15, -0.1) is 0 Å². The summed E-state index contributed by atoms with van der Waals surface area (Å²) in [6.07, 6.45) is 5.97. The van der Waals surface area contributed by atoms with E-state index in [1.54, 1.807) is 12.1 Å². The highest BCUT2D eigenvalue weighted by Crippen LogP contribution is 2.27. The molecule has 1 aromatic carbocycles. The van der Waals surface area contributed by atoms with E-state index in [1.165, 1.54) is 12.1 Å². The van der Waals surface area contributed by atoms with Crippen molar-refractivity contribution in [1.82, 2.24) is 4.90 Å². The summed E-state index contributed by atoms with van der Waals surface area (Å²) in [5.41, 5.74) is 1.01. The van der Waals surface area contributed by atoms with Gasteiger partial charge < -0.3 is 4.90 Å². The van der Waals surface area contributed by atoms with E-state index in [0.717, 1.165) is 31.2 Å². The predicted molar refractivity (Wildman–Crippen MR) is 95.5 cm³/mol. The number of sulfone groups is 1. The summed E-state index contributed by atoms with van der Waals surface area (Å²) in [5, 5.41) is 0. The molecule has 1 aromatic rings. The second-order valence-electron chi connectivity index (χ2n) is 7.38. The summed E-state index contributed by atoms with van der Waals surface area (Å²) in [6.45, 7) is 0.620. The second kappa shape index (κ2) is 7.85. The summed E-state index contributed by atoms with van der Waals surface area (Å²) in [7, 11) is -2.95. The van der Waals surface area contributed by atoms with Crippen LogP contribution in [-0.2, 0) is 21.1 Å². The Hall–Kier alpha value is -1.43. The number of nitrogens with zero attached hydrogens (tertiary/aromatic N) is 1. The van der Waals surface area contributed by atoms with Gasteiger partial charge in [-0.1, -0.05) is 25.0 Å². The number of hydrogen-bond acceptors (Lipinski definition) is 3. The van der Waals surface area contributed by atoms with Gasteiger partial charge in [-0.3, -0.25) is 4.79 Å². The van der Waals surface area contributed by atoms with E-state index in [1.807, 2.05) is 4.90 Å². The van der Waals surface area contributed by atoms with Gasteiger partial charge in [0.15, 0.2) is 9.84 Å². The molecule has 2 fully saturated rings. The fraction of sp³-hybridized carbons (Fsp3) is 0.632. The number of rotatable bonds is 6. The van der Waals surface area contributed by atoms with Gasteiger partial charge in [0.2, 0.25) is 5.91 Å². The summed E-state index contributed by atoms with van der Waals surface area (Å²) in [4.78, 5) is 14.8. The van der Waals surface area contributed by atoms with Crippen LogP contribution in [0.2, 0.25) is 0 Å². The summed E-state index contributed by atoms with van der Waals surface area (Å²) < 4.78 is 36.3. The molecular formula is C19H26FNO3S. The average molecular weight is 367 g/mol. The molecule has 6 heteroatoms. The summed E-state index contributed by atoms with van der Waals surface area (Å²) >= 11 is 0. The Balaban J connectivity index is 1.62. The lowest BCUT2D eigenvalue weighted by atomic mass is 10.0. The van der Waals surface area contributed by atoms with Crippen LogP contribution in [-0.4, -0.2) is 43.3 Å². The molecule has 1 atom stereocenters. The molecule has 3 rings (SSSR count). The third-order valence-electron chi connectivity index (χ3n) is 5.43. The van der Waals surface area contributed by atoms with Crippen LogP contribution in [0.5, 0.6) is 0 Å². The van der Waals surface area contributed by atoms with Crippen LogP contribution in [0, 0.1) is 11.7 Å². The molecule has 0 spiro atoms. The molecule has 1 saturated carbocycles. The van der Waals surface area contributed by atoms with E-state index in [9.17, 15) is 17.6 Å². The van der Waals surface area contributed by atoms with Gasteiger partial charge in [-0.05, 0) is 49.3 Å². The first-order valence-corrected chi connectivity index (χ1v) is 11.0. The van der Waals surface area contributed by atoms with E-state index in [-0.39, 0.29) is 35.2 Å². The molecule has 25 heavy (non-hydrogen) atoms. The van der Waals surface area contributed by atoms with Crippen molar-refractivity contribution in [2.24, 2.45) is 5.92 Å². The molecule has 0 bridgehead atoms. The molecule has 2 aliphatic rings. The highest BCUT2D eigenvalue weighted by atomic mass is 32.2. The van der Waals surface area contributed by atoms with Gasteiger partial charge >= 0.3 is 0 Å². The van der Waals surface area contributed by atoms with Crippen molar-refractivity contribution in [3.63, 3.8) is 0 Å². The highest BCUT2D eigenvalue weighted by molar-refractivity contribution is 7.91. The lowest BCUT2D eigenvalue weighted by molar-refractivity contribution is -0.134. The standard InChI is InChI=1S/C19H26FNO3S/c20-17-7-5-15(6-8-17)9-11-21(18-3-1-2-4-18)19(22)13-16-10-12-25(23,24)14-16/h5-8,16,18H,1-4,9-14H2. The van der Waals surface area contributed by atoms with E-state index in [4.69, 9.17) is 0 Å². The molecule has 0 aromatic heterocycles. The number of halogens is 1. The largest absolute Gasteiger partial charge is 0.339 e. The third-order valence-corrected chi connectivity index (χ3v) is 7.27. The van der Waals surface area contributed by atoms with Crippen molar-refractivity contribution in [2.75, 3.05) is 18.1 Å². The van der Waals surface area contributed by atoms with Crippen molar-refractivity contribution in [1.29, 1.82) is 0 Å². The Bertz CT molecular complexity index is 696. The number of carbonyl (C=O) groups is 1. The number of hydrogen-bond donors (Lipinski definition) is 0. The summed E-state index contributed by atoms with van der Waals surface area (Å²) in [6, 6.07) is 6.68. The van der Waals surface area contributed by atoms with Gasteiger partial charge in [0.05, 0.1) is 11.5 Å². The molecule has 4 nitrogen and oxygen atoms in total. The Morgan fingerprint density at radius 2 is 1.80 bits per heavy atom. The molecule has 1 heterocycles. The minimum absolute atomic E-state index is 0.0350. The molecule has 0 N–H and O–H groups in total. The average Bonchev–Trinajstić information content (AvgIpc) is 3.19. The maximum absolute atomic E-state index is 13.0. The minimum Gasteiger partial charge on any atom is -0.339 e. The van der Waals surface area contributed by atoms with Crippen molar-refractivity contribution in [2.45, 2.75) is 51.0 Å². The second-order valence-corrected chi connectivity index (χ2v) is 9.60. The highest BCUT2D eigenvalue weighted by Gasteiger charge is 2.33. The zero-order chi connectivity index (χ0) is 17.9. The maximum atomic E-state index is 13.0. The van der Waals surface area contributed by atoms with Crippen LogP contribution in [0.25, 0.3) is 0 Å². The minimum atomic E-state index is -2.95. The monoisotopic (exact) mass is 367 g/mol. The lowest BCUT2D eigenvalue weighted by Gasteiger charge is -2.30. The van der Waals surface area contributed by atoms with Crippen LogP contribution in [0.15, 0.2) is 24.3 Å². The van der Waals surface area contributed by atoms with Crippen LogP contribution >= 0.6 is 0 Å². The van der Waals surface area contributed by atoms with Crippen molar-refractivity contribution in [3.8, 4) is 0 Å². The molecular weight excluding hydrogens is 341 g/mol. The van der Waals surface area contributed by atoms with E-state index in [0.29, 0.717) is 25.8 Å². The van der Waals surface area contributed by atoms with E-state index >= 15 is 0 Å². The number of amides is 1. The Morgan fingerprint density at radius 3 is 2.40 bits per heavy atom. The maximum Gasteiger partial charge on any atom is 0.223 e. The van der Waals surface area contributed by atoms with Gasteiger partial charge in [0, 0.05) is 19.0 Å². The van der Waals surface area contributed by atoms with Crippen molar-refractivity contribution in [3.05, 3.63) is 35.6 Å². The first kappa shape index (κ1) is 18.4. The van der Waals surface area contributed by atoms with Gasteiger partial charge in [-0.2, -0.15) is 0 Å². The zero-order valence-corrected chi connectivity index (χ0v) is 15.3. The summed E-state index contributed by atoms with van der Waals surface area (Å²) in [5.74, 6) is 0.150. The quantitative estimate of drug-likeness (QED) is 0.777. The van der Waals surface area contributed by atoms with Crippen molar-refractivity contribution < 1.29 is 17.6 Å². The molecule has 0 radical (unpaired) electrons. The SMILES string of the molecule is O=C(CC1CCS(=O)(=O)C1)N(CCc1ccc(F)cc1)C1CCCC1. The predicted octanol–water partition coefficient (Wildman–Crippen LogP) is 2.96. The van der Waals surface area contributed by atoms with Gasteiger partial charge in [0.25, 0.3) is 0 Å². The van der Waals surface area contributed by atoms with Gasteiger partial charge in [0.1, 0.15) is 5.82 Å². The normalized spacial score (nSPS) is 23.0. The topological polar surface area (TPSA) is 54.5 Å². The Morgan fingerprint density at radius 1 is 1.12 bits per heavy atom. The molecule has 1 aliphatic heterocycles. The molecule has 1 saturated heterocycles. The first-order valence-electron chi connectivity index (χ1n) is 9.17. The number of benzene rings is 1. The molecule has 1 unspecified atom stereocenters. The smallest absolute Gasteiger partial charge is 0.223 e. The van der Waals surface area contributed by atoms with Gasteiger partial charge in [-0.25, -0.2) is 12.8 Å². The Kier molecular flexibility index (Phi) is 5.77. The number of carbonyl (C=O) groups excluding carboxylic acids is 1. The van der Waals surface area contributed by atoms with Crippen LogP contribution in [0.1, 0.15) is 44.1 Å². The Labute approximate surface area is 149 Å². The third kappa shape index (κ3) is 5.03.